The Hall–Kier alpha value is -6.33. The number of carbonyl (C=O) groups is 6. The van der Waals surface area contributed by atoms with Crippen molar-refractivity contribution in [2.75, 3.05) is 27.8 Å². The molecule has 9 atom stereocenters. The standard InChI is InChI=1S/C54H78N4O13/c1-35(26-20-17-18-25-33-58(9)54(55)56)27-21-19-22-28-36(2)34-39(5)46(70-53-50(69-42(8)61)48(68-41(7)60)47(67-40(6)59)49(71-53)52(64)66-11)37(3)29-23-15-13-12-14-16-24-30-38(4)51(63)57-45-43(62)31-32-44(45)65-10/h12-17,20-21,23-24,27,29-30,34-37,46-50,53H,18-19,22,25-26,28,31-33H2,1-11H3,(H3,55,56)(H,57,63). The molecule has 1 amide bonds. The number of ether oxygens (including phenoxy) is 7. The van der Waals surface area contributed by atoms with Gasteiger partial charge in [-0.1, -0.05) is 106 Å². The van der Waals surface area contributed by atoms with E-state index in [2.05, 4.69) is 49.5 Å². The van der Waals surface area contributed by atoms with Crippen molar-refractivity contribution in [1.29, 1.82) is 5.41 Å². The van der Waals surface area contributed by atoms with E-state index in [1.807, 2.05) is 45.2 Å². The number of carbonyl (C=O) groups excluding carboxylic acids is 6. The van der Waals surface area contributed by atoms with E-state index in [0.29, 0.717) is 30.1 Å². The van der Waals surface area contributed by atoms with Crippen molar-refractivity contribution in [2.45, 2.75) is 144 Å². The summed E-state index contributed by atoms with van der Waals surface area (Å²) in [4.78, 5) is 76.9. The summed E-state index contributed by atoms with van der Waals surface area (Å²) in [5.41, 5.74) is 6.93. The fourth-order valence-corrected chi connectivity index (χ4v) is 7.69. The molecular formula is C54H78N4O13. The lowest BCUT2D eigenvalue weighted by atomic mass is 9.92. The van der Waals surface area contributed by atoms with Gasteiger partial charge in [-0.05, 0) is 69.8 Å². The smallest absolute Gasteiger partial charge is 0.339 e. The summed E-state index contributed by atoms with van der Waals surface area (Å²) in [6, 6.07) is 0. The van der Waals surface area contributed by atoms with Crippen LogP contribution in [0.5, 0.6) is 0 Å². The number of hydrogen-bond donors (Lipinski definition) is 3. The Balaban J connectivity index is 2.31. The highest BCUT2D eigenvalue weighted by Crippen LogP contribution is 2.33. The summed E-state index contributed by atoms with van der Waals surface area (Å²) in [6.45, 7) is 13.9. The van der Waals surface area contributed by atoms with E-state index >= 15 is 0 Å². The number of nitrogens with one attached hydrogen (secondary N) is 2. The third kappa shape index (κ3) is 22.5. The molecule has 2 rings (SSSR count). The number of methoxy groups -OCH3 is 2. The topological polar surface area (TPSA) is 232 Å². The first-order chi connectivity index (χ1) is 33.7. The predicted molar refractivity (Wildman–Crippen MR) is 271 cm³/mol. The first-order valence-corrected chi connectivity index (χ1v) is 24.1. The summed E-state index contributed by atoms with van der Waals surface area (Å²) in [5.74, 6) is -3.14. The summed E-state index contributed by atoms with van der Waals surface area (Å²) < 4.78 is 39.7. The number of rotatable bonds is 28. The number of guanidine groups is 1. The molecule has 17 heteroatoms. The number of ketones is 1. The van der Waals surface area contributed by atoms with Crippen LogP contribution in [0.25, 0.3) is 0 Å². The minimum absolute atomic E-state index is 0.0737. The first kappa shape index (κ1) is 60.8. The van der Waals surface area contributed by atoms with Crippen molar-refractivity contribution in [3.8, 4) is 0 Å². The average Bonchev–Trinajstić information content (AvgIpc) is 3.66. The maximum absolute atomic E-state index is 13.2. The molecule has 1 aliphatic heterocycles. The van der Waals surface area contributed by atoms with Crippen LogP contribution in [0.15, 0.2) is 108 Å². The molecule has 0 saturated carbocycles. The van der Waals surface area contributed by atoms with Crippen molar-refractivity contribution < 1.29 is 61.9 Å². The Morgan fingerprint density at radius 2 is 1.39 bits per heavy atom. The minimum Gasteiger partial charge on any atom is -0.499 e. The van der Waals surface area contributed by atoms with Crippen molar-refractivity contribution >= 4 is 41.5 Å². The van der Waals surface area contributed by atoms with Crippen LogP contribution in [0, 0.1) is 23.2 Å². The predicted octanol–water partition coefficient (Wildman–Crippen LogP) is 7.71. The van der Waals surface area contributed by atoms with Gasteiger partial charge in [-0.25, -0.2) is 4.79 Å². The van der Waals surface area contributed by atoms with Crippen LogP contribution in [0.1, 0.15) is 107 Å². The summed E-state index contributed by atoms with van der Waals surface area (Å²) in [6.07, 6.45) is 25.0. The fourth-order valence-electron chi connectivity index (χ4n) is 7.69. The third-order valence-corrected chi connectivity index (χ3v) is 11.4. The Bertz CT molecular complexity index is 2100. The van der Waals surface area contributed by atoms with Gasteiger partial charge in [0, 0.05) is 58.7 Å². The van der Waals surface area contributed by atoms with E-state index in [1.165, 1.54) is 7.11 Å². The normalized spacial score (nSPS) is 21.8. The number of hydrogen-bond acceptors (Lipinski definition) is 14. The van der Waals surface area contributed by atoms with Gasteiger partial charge in [0.1, 0.15) is 11.5 Å². The van der Waals surface area contributed by atoms with Gasteiger partial charge in [-0.15, -0.1) is 0 Å². The Labute approximate surface area is 420 Å². The van der Waals surface area contributed by atoms with Crippen molar-refractivity contribution in [3.05, 3.63) is 108 Å². The van der Waals surface area contributed by atoms with Crippen LogP contribution in [-0.2, 0) is 61.9 Å². The van der Waals surface area contributed by atoms with E-state index in [1.54, 1.807) is 42.2 Å². The Morgan fingerprint density at radius 1 is 0.789 bits per heavy atom. The second-order valence-corrected chi connectivity index (χ2v) is 17.7. The Morgan fingerprint density at radius 3 is 2.01 bits per heavy atom. The molecule has 9 unspecified atom stereocenters. The minimum atomic E-state index is -1.61. The molecular weight excluding hydrogens is 913 g/mol. The van der Waals surface area contributed by atoms with Crippen LogP contribution < -0.4 is 11.1 Å². The SMILES string of the molecule is COC(=O)C1OC(OC(C(C)=CC(C)CCCC=CC(C)CC=CCCCN(C)C(=N)N)C(C)C=CC=CC=CC=CC=C(C)C(=O)NC2=C(OC)CCC2=O)C(OC(C)=O)C(OC(C)=O)C1OC(C)=O. The summed E-state index contributed by atoms with van der Waals surface area (Å²) >= 11 is 0. The van der Waals surface area contributed by atoms with Crippen LogP contribution in [0.2, 0.25) is 0 Å². The van der Waals surface area contributed by atoms with E-state index in [9.17, 15) is 28.8 Å². The molecule has 392 valence electrons. The zero-order valence-corrected chi connectivity index (χ0v) is 43.5. The van der Waals surface area contributed by atoms with Gasteiger partial charge >= 0.3 is 23.9 Å². The third-order valence-electron chi connectivity index (χ3n) is 11.4. The maximum atomic E-state index is 13.2. The van der Waals surface area contributed by atoms with Crippen LogP contribution in [-0.4, -0.2) is 111 Å². The van der Waals surface area contributed by atoms with Gasteiger partial charge in [0.25, 0.3) is 5.91 Å². The first-order valence-electron chi connectivity index (χ1n) is 24.1. The number of nitrogens with zero attached hydrogens (tertiary/aromatic N) is 1. The van der Waals surface area contributed by atoms with Gasteiger partial charge in [-0.2, -0.15) is 0 Å². The highest BCUT2D eigenvalue weighted by molar-refractivity contribution is 6.04. The van der Waals surface area contributed by atoms with Crippen LogP contribution in [0.3, 0.4) is 0 Å². The molecule has 1 fully saturated rings. The van der Waals surface area contributed by atoms with Crippen LogP contribution >= 0.6 is 0 Å². The molecule has 0 aromatic rings. The highest BCUT2D eigenvalue weighted by Gasteiger charge is 2.56. The molecule has 2 aliphatic rings. The molecule has 71 heavy (non-hydrogen) atoms. The highest BCUT2D eigenvalue weighted by atomic mass is 16.7. The molecule has 1 aliphatic carbocycles. The molecule has 4 N–H and O–H groups in total. The van der Waals surface area contributed by atoms with Gasteiger partial charge in [0.2, 0.25) is 6.29 Å². The lowest BCUT2D eigenvalue weighted by Crippen LogP contribution is -2.64. The van der Waals surface area contributed by atoms with Gasteiger partial charge < -0.3 is 49.1 Å². The van der Waals surface area contributed by atoms with Gasteiger partial charge in [0.05, 0.1) is 20.3 Å². The van der Waals surface area contributed by atoms with E-state index in [-0.39, 0.29) is 29.3 Å². The molecule has 0 aromatic carbocycles. The van der Waals surface area contributed by atoms with Crippen LogP contribution in [0.4, 0.5) is 0 Å². The molecule has 0 bridgehead atoms. The number of nitrogens with two attached hydrogens (primary N) is 1. The molecule has 1 saturated heterocycles. The quantitative estimate of drug-likeness (QED) is 0.00996. The van der Waals surface area contributed by atoms with Crippen molar-refractivity contribution in [3.63, 3.8) is 0 Å². The molecule has 0 spiro atoms. The second-order valence-electron chi connectivity index (χ2n) is 17.7. The second kappa shape index (κ2) is 32.5. The summed E-state index contributed by atoms with van der Waals surface area (Å²) in [5, 5.41) is 10.1. The molecule has 1 heterocycles. The average molecular weight is 991 g/mol. The fraction of sp³-hybridized carbons (Fsp3) is 0.537. The Kier molecular flexibility index (Phi) is 27.9. The monoisotopic (exact) mass is 991 g/mol. The van der Waals surface area contributed by atoms with E-state index in [0.717, 1.165) is 78.5 Å². The number of esters is 4. The molecule has 0 radical (unpaired) electrons. The largest absolute Gasteiger partial charge is 0.499 e. The zero-order chi connectivity index (χ0) is 53.0. The van der Waals surface area contributed by atoms with E-state index < -0.39 is 66.6 Å². The lowest BCUT2D eigenvalue weighted by molar-refractivity contribution is -0.309. The molecule has 0 aromatic heterocycles. The van der Waals surface area contributed by atoms with Gasteiger partial charge in [0.15, 0.2) is 36.2 Å². The number of allylic oxidation sites excluding steroid dienone is 15. The summed E-state index contributed by atoms with van der Waals surface area (Å²) in [7, 11) is 4.41. The van der Waals surface area contributed by atoms with Gasteiger partial charge in [-0.3, -0.25) is 29.4 Å². The number of amides is 1. The number of Topliss-reactive ketones (excluding diaryl/α,β-unsaturated/α-hetero) is 1. The van der Waals surface area contributed by atoms with Crippen molar-refractivity contribution in [1.82, 2.24) is 10.2 Å². The number of unbranched alkanes of at least 4 members (excludes halogenated alkanes) is 2. The lowest BCUT2D eigenvalue weighted by Gasteiger charge is -2.44. The van der Waals surface area contributed by atoms with E-state index in [4.69, 9.17) is 44.3 Å². The molecule has 17 nitrogen and oxygen atoms in total. The van der Waals surface area contributed by atoms with Crippen molar-refractivity contribution in [2.24, 2.45) is 23.5 Å². The zero-order valence-electron chi connectivity index (χ0n) is 43.5. The maximum Gasteiger partial charge on any atom is 0.339 e.